The average molecular weight is 307 g/mol. The van der Waals surface area contributed by atoms with Crippen molar-refractivity contribution in [1.82, 2.24) is 9.97 Å². The summed E-state index contributed by atoms with van der Waals surface area (Å²) in [6.07, 6.45) is 4.28. The fourth-order valence-corrected chi connectivity index (χ4v) is 2.43. The van der Waals surface area contributed by atoms with Gasteiger partial charge in [-0.25, -0.2) is 9.97 Å². The van der Waals surface area contributed by atoms with Crippen LogP contribution in [0.25, 0.3) is 0 Å². The molecule has 88 valence electrons. The molecule has 0 aromatic carbocycles. The van der Waals surface area contributed by atoms with Gasteiger partial charge in [0.15, 0.2) is 0 Å². The first-order valence-electron chi connectivity index (χ1n) is 5.26. The van der Waals surface area contributed by atoms with Gasteiger partial charge in [0.1, 0.15) is 17.3 Å². The molecule has 1 heterocycles. The molecule has 2 rings (SSSR count). The second-order valence-corrected chi connectivity index (χ2v) is 5.12. The molecular weight excluding hydrogens is 293 g/mol. The van der Waals surface area contributed by atoms with E-state index in [1.165, 1.54) is 6.33 Å². The van der Waals surface area contributed by atoms with Crippen molar-refractivity contribution in [3.63, 3.8) is 0 Å². The van der Waals surface area contributed by atoms with Crippen LogP contribution in [0.5, 0.6) is 0 Å². The lowest BCUT2D eigenvalue weighted by atomic mass is 10.1. The Labute approximate surface area is 108 Å². The van der Waals surface area contributed by atoms with E-state index in [2.05, 4.69) is 31.2 Å². The summed E-state index contributed by atoms with van der Waals surface area (Å²) in [5.41, 5.74) is 0. The first-order valence-corrected chi connectivity index (χ1v) is 6.43. The molecule has 2 N–H and O–H groups in total. The van der Waals surface area contributed by atoms with Crippen molar-refractivity contribution in [2.75, 3.05) is 11.9 Å². The number of aliphatic hydroxyl groups excluding tert-OH is 1. The molecule has 4 nitrogen and oxygen atoms in total. The van der Waals surface area contributed by atoms with Crippen molar-refractivity contribution in [2.24, 2.45) is 5.92 Å². The van der Waals surface area contributed by atoms with Crippen molar-refractivity contribution in [2.45, 2.75) is 25.4 Å². The molecular formula is C10H13BrClN3O. The summed E-state index contributed by atoms with van der Waals surface area (Å²) in [5, 5.41) is 13.3. The Morgan fingerprint density at radius 2 is 2.31 bits per heavy atom. The molecule has 2 unspecified atom stereocenters. The van der Waals surface area contributed by atoms with E-state index in [0.29, 0.717) is 27.9 Å². The first kappa shape index (κ1) is 12.1. The van der Waals surface area contributed by atoms with Crippen LogP contribution in [0, 0.1) is 5.92 Å². The minimum absolute atomic E-state index is 0.191. The molecule has 1 aliphatic carbocycles. The highest BCUT2D eigenvalue weighted by Crippen LogP contribution is 2.29. The van der Waals surface area contributed by atoms with Gasteiger partial charge >= 0.3 is 0 Å². The summed E-state index contributed by atoms with van der Waals surface area (Å²) in [5.74, 6) is 0.986. The monoisotopic (exact) mass is 305 g/mol. The van der Waals surface area contributed by atoms with Gasteiger partial charge in [0.2, 0.25) is 0 Å². The Balaban J connectivity index is 1.96. The van der Waals surface area contributed by atoms with Crippen molar-refractivity contribution < 1.29 is 5.11 Å². The highest BCUT2D eigenvalue weighted by Gasteiger charge is 2.25. The number of nitrogens with one attached hydrogen (secondary N) is 1. The van der Waals surface area contributed by atoms with E-state index in [1.54, 1.807) is 0 Å². The van der Waals surface area contributed by atoms with Gasteiger partial charge in [0, 0.05) is 12.5 Å². The molecule has 0 saturated heterocycles. The number of hydrogen-bond acceptors (Lipinski definition) is 4. The van der Waals surface area contributed by atoms with Crippen LogP contribution in [0.3, 0.4) is 0 Å². The van der Waals surface area contributed by atoms with E-state index in [4.69, 9.17) is 11.6 Å². The van der Waals surface area contributed by atoms with E-state index in [1.807, 2.05) is 0 Å². The molecule has 1 aromatic heterocycles. The lowest BCUT2D eigenvalue weighted by molar-refractivity contribution is 0.138. The third kappa shape index (κ3) is 2.64. The number of rotatable bonds is 3. The summed E-state index contributed by atoms with van der Waals surface area (Å²) in [7, 11) is 0. The lowest BCUT2D eigenvalue weighted by Gasteiger charge is -2.16. The molecule has 1 aromatic rings. The van der Waals surface area contributed by atoms with Gasteiger partial charge in [-0.05, 0) is 28.8 Å². The average Bonchev–Trinajstić information content (AvgIpc) is 2.67. The number of halogens is 2. The van der Waals surface area contributed by atoms with Gasteiger partial charge in [-0.3, -0.25) is 0 Å². The molecule has 2 atom stereocenters. The molecule has 0 spiro atoms. The SMILES string of the molecule is OC1CCCC1CNc1ncnc(Cl)c1Br. The van der Waals surface area contributed by atoms with Crippen LogP contribution >= 0.6 is 27.5 Å². The predicted octanol–water partition coefficient (Wildman–Crippen LogP) is 2.47. The zero-order valence-electron chi connectivity index (χ0n) is 8.66. The number of nitrogens with zero attached hydrogens (tertiary/aromatic N) is 2. The first-order chi connectivity index (χ1) is 7.68. The number of aromatic nitrogens is 2. The molecule has 1 aliphatic rings. The third-order valence-corrected chi connectivity index (χ3v) is 4.16. The number of anilines is 1. The van der Waals surface area contributed by atoms with Crippen LogP contribution < -0.4 is 5.32 Å². The van der Waals surface area contributed by atoms with Gasteiger partial charge in [-0.1, -0.05) is 18.0 Å². The number of hydrogen-bond donors (Lipinski definition) is 2. The summed E-state index contributed by atoms with van der Waals surface area (Å²) >= 11 is 9.17. The Morgan fingerprint density at radius 3 is 3.00 bits per heavy atom. The van der Waals surface area contributed by atoms with Crippen molar-refractivity contribution in [1.29, 1.82) is 0 Å². The maximum Gasteiger partial charge on any atom is 0.148 e. The smallest absolute Gasteiger partial charge is 0.148 e. The largest absolute Gasteiger partial charge is 0.393 e. The summed E-state index contributed by atoms with van der Waals surface area (Å²) in [4.78, 5) is 7.94. The van der Waals surface area contributed by atoms with Crippen molar-refractivity contribution in [3.8, 4) is 0 Å². The van der Waals surface area contributed by atoms with E-state index < -0.39 is 0 Å². The zero-order chi connectivity index (χ0) is 11.5. The summed E-state index contributed by atoms with van der Waals surface area (Å²) < 4.78 is 0.671. The molecule has 0 amide bonds. The molecule has 16 heavy (non-hydrogen) atoms. The van der Waals surface area contributed by atoms with Gasteiger partial charge in [0.05, 0.1) is 10.6 Å². The van der Waals surface area contributed by atoms with Crippen LogP contribution in [-0.4, -0.2) is 27.7 Å². The van der Waals surface area contributed by atoms with E-state index in [-0.39, 0.29) is 6.10 Å². The lowest BCUT2D eigenvalue weighted by Crippen LogP contribution is -2.22. The van der Waals surface area contributed by atoms with Crippen molar-refractivity contribution in [3.05, 3.63) is 16.0 Å². The Hall–Kier alpha value is -0.390. The molecule has 0 aliphatic heterocycles. The van der Waals surface area contributed by atoms with E-state index in [9.17, 15) is 5.11 Å². The van der Waals surface area contributed by atoms with Crippen LogP contribution in [0.4, 0.5) is 5.82 Å². The Kier molecular flexibility index (Phi) is 4.00. The summed E-state index contributed by atoms with van der Waals surface area (Å²) in [6, 6.07) is 0. The van der Waals surface area contributed by atoms with Gasteiger partial charge in [0.25, 0.3) is 0 Å². The molecule has 0 radical (unpaired) electrons. The van der Waals surface area contributed by atoms with Crippen LogP contribution in [0.2, 0.25) is 5.15 Å². The molecule has 6 heteroatoms. The van der Waals surface area contributed by atoms with E-state index >= 15 is 0 Å². The van der Waals surface area contributed by atoms with Crippen molar-refractivity contribution >= 4 is 33.3 Å². The van der Waals surface area contributed by atoms with Gasteiger partial charge in [-0.2, -0.15) is 0 Å². The summed E-state index contributed by atoms with van der Waals surface area (Å²) in [6.45, 7) is 0.715. The Morgan fingerprint density at radius 1 is 1.50 bits per heavy atom. The predicted molar refractivity (Wildman–Crippen MR) is 66.6 cm³/mol. The maximum absolute atomic E-state index is 9.68. The second-order valence-electron chi connectivity index (χ2n) is 3.97. The van der Waals surface area contributed by atoms with Gasteiger partial charge in [-0.15, -0.1) is 0 Å². The highest BCUT2D eigenvalue weighted by atomic mass is 79.9. The molecule has 1 saturated carbocycles. The quantitative estimate of drug-likeness (QED) is 0.842. The number of aliphatic hydroxyl groups is 1. The zero-order valence-corrected chi connectivity index (χ0v) is 11.0. The van der Waals surface area contributed by atoms with Crippen LogP contribution in [-0.2, 0) is 0 Å². The fraction of sp³-hybridized carbons (Fsp3) is 0.600. The van der Waals surface area contributed by atoms with Gasteiger partial charge < -0.3 is 10.4 Å². The molecule has 1 fully saturated rings. The maximum atomic E-state index is 9.68. The highest BCUT2D eigenvalue weighted by molar-refractivity contribution is 9.10. The Bertz CT molecular complexity index is 377. The fourth-order valence-electron chi connectivity index (χ4n) is 1.95. The van der Waals surface area contributed by atoms with Crippen LogP contribution in [0.15, 0.2) is 10.8 Å². The molecule has 0 bridgehead atoms. The second kappa shape index (κ2) is 5.29. The topological polar surface area (TPSA) is 58.0 Å². The standard InChI is InChI=1S/C10H13BrClN3O/c11-8-9(12)14-5-15-10(8)13-4-6-2-1-3-7(6)16/h5-7,16H,1-4H2,(H,13,14,15). The van der Waals surface area contributed by atoms with Crippen LogP contribution in [0.1, 0.15) is 19.3 Å². The normalized spacial score (nSPS) is 24.7. The third-order valence-electron chi connectivity index (χ3n) is 2.90. The minimum Gasteiger partial charge on any atom is -0.393 e. The minimum atomic E-state index is -0.191. The van der Waals surface area contributed by atoms with E-state index in [0.717, 1.165) is 19.3 Å².